The number of nitrogens with zero attached hydrogens (tertiary/aromatic N) is 1. The van der Waals surface area contributed by atoms with E-state index in [1.165, 1.54) is 6.07 Å². The van der Waals surface area contributed by atoms with Gasteiger partial charge in [0.15, 0.2) is 0 Å². The van der Waals surface area contributed by atoms with E-state index >= 15 is 0 Å². The van der Waals surface area contributed by atoms with Crippen LogP contribution in [0.15, 0.2) is 18.2 Å². The summed E-state index contributed by atoms with van der Waals surface area (Å²) in [5, 5.41) is 0. The fourth-order valence-corrected chi connectivity index (χ4v) is 2.56. The first-order valence-electron chi connectivity index (χ1n) is 6.97. The largest absolute Gasteiger partial charge is 0.416 e. The fraction of sp³-hybridized carbons (Fsp3) is 0.600. The van der Waals surface area contributed by atoms with E-state index in [1.54, 1.807) is 19.1 Å². The van der Waals surface area contributed by atoms with Crippen LogP contribution in [0.5, 0.6) is 0 Å². The van der Waals surface area contributed by atoms with Gasteiger partial charge < -0.3 is 10.6 Å². The van der Waals surface area contributed by atoms with Gasteiger partial charge in [0, 0.05) is 24.8 Å². The number of hydrogen-bond donors (Lipinski definition) is 1. The van der Waals surface area contributed by atoms with E-state index < -0.39 is 11.7 Å². The van der Waals surface area contributed by atoms with Crippen LogP contribution in [-0.2, 0) is 12.6 Å². The van der Waals surface area contributed by atoms with Crippen LogP contribution in [0.25, 0.3) is 0 Å². The molecule has 0 bridgehead atoms. The molecule has 0 aliphatic heterocycles. The van der Waals surface area contributed by atoms with Crippen molar-refractivity contribution in [2.45, 2.75) is 50.9 Å². The van der Waals surface area contributed by atoms with Crippen LogP contribution >= 0.6 is 0 Å². The predicted molar refractivity (Wildman–Crippen MR) is 74.8 cm³/mol. The van der Waals surface area contributed by atoms with Crippen LogP contribution in [0.1, 0.15) is 37.3 Å². The molecule has 1 atom stereocenters. The molecule has 0 amide bonds. The summed E-state index contributed by atoms with van der Waals surface area (Å²) in [7, 11) is 1.87. The molecule has 2 rings (SSSR count). The Bertz CT molecular complexity index is 465. The van der Waals surface area contributed by atoms with Crippen molar-refractivity contribution >= 4 is 5.69 Å². The Morgan fingerprint density at radius 3 is 2.45 bits per heavy atom. The van der Waals surface area contributed by atoms with Crippen molar-refractivity contribution in [3.63, 3.8) is 0 Å². The highest BCUT2D eigenvalue weighted by atomic mass is 19.4. The van der Waals surface area contributed by atoms with Crippen molar-refractivity contribution in [3.8, 4) is 0 Å². The van der Waals surface area contributed by atoms with Crippen LogP contribution in [0.2, 0.25) is 0 Å². The highest BCUT2D eigenvalue weighted by Gasteiger charge is 2.34. The van der Waals surface area contributed by atoms with Gasteiger partial charge in [0.1, 0.15) is 0 Å². The van der Waals surface area contributed by atoms with Crippen molar-refractivity contribution in [2.24, 2.45) is 5.73 Å². The molecule has 1 unspecified atom stereocenters. The van der Waals surface area contributed by atoms with Crippen LogP contribution in [0.3, 0.4) is 0 Å². The topological polar surface area (TPSA) is 29.3 Å². The highest BCUT2D eigenvalue weighted by molar-refractivity contribution is 5.52. The van der Waals surface area contributed by atoms with Gasteiger partial charge in [0.25, 0.3) is 0 Å². The Hall–Kier alpha value is -1.23. The second kappa shape index (κ2) is 5.64. The second-order valence-corrected chi connectivity index (χ2v) is 5.72. The van der Waals surface area contributed by atoms with Gasteiger partial charge >= 0.3 is 6.18 Å². The summed E-state index contributed by atoms with van der Waals surface area (Å²) in [6.45, 7) is 1.72. The number of halogens is 3. The minimum absolute atomic E-state index is 0.238. The molecule has 112 valence electrons. The molecule has 0 saturated heterocycles. The summed E-state index contributed by atoms with van der Waals surface area (Å²) in [6.07, 6.45) is -0.828. The third-order valence-electron chi connectivity index (χ3n) is 3.97. The SMILES string of the molecule is CC(N)Cc1ccc(N(C)C2CCC2)cc1C(F)(F)F. The highest BCUT2D eigenvalue weighted by Crippen LogP contribution is 2.36. The molecule has 1 aliphatic carbocycles. The minimum Gasteiger partial charge on any atom is -0.372 e. The van der Waals surface area contributed by atoms with E-state index in [0.717, 1.165) is 19.3 Å². The predicted octanol–water partition coefficient (Wildman–Crippen LogP) is 3.58. The molecule has 1 aromatic carbocycles. The molecule has 0 aromatic heterocycles. The van der Waals surface area contributed by atoms with Crippen molar-refractivity contribution in [1.29, 1.82) is 0 Å². The molecule has 2 N–H and O–H groups in total. The van der Waals surface area contributed by atoms with Gasteiger partial charge in [-0.15, -0.1) is 0 Å². The zero-order valence-electron chi connectivity index (χ0n) is 11.9. The summed E-state index contributed by atoms with van der Waals surface area (Å²) in [4.78, 5) is 1.95. The Labute approximate surface area is 117 Å². The smallest absolute Gasteiger partial charge is 0.372 e. The zero-order chi connectivity index (χ0) is 14.9. The quantitative estimate of drug-likeness (QED) is 0.916. The van der Waals surface area contributed by atoms with Gasteiger partial charge in [-0.1, -0.05) is 6.07 Å². The van der Waals surface area contributed by atoms with Crippen molar-refractivity contribution in [2.75, 3.05) is 11.9 Å². The number of alkyl halides is 3. The van der Waals surface area contributed by atoms with Crippen LogP contribution < -0.4 is 10.6 Å². The molecular formula is C15H21F3N2. The molecule has 0 spiro atoms. The number of rotatable bonds is 4. The van der Waals surface area contributed by atoms with E-state index in [-0.39, 0.29) is 18.0 Å². The van der Waals surface area contributed by atoms with E-state index in [9.17, 15) is 13.2 Å². The minimum atomic E-state index is -4.33. The van der Waals surface area contributed by atoms with Gasteiger partial charge in [0.2, 0.25) is 0 Å². The lowest BCUT2D eigenvalue weighted by atomic mass is 9.91. The summed E-state index contributed by atoms with van der Waals surface area (Å²) in [5.41, 5.74) is 5.99. The lowest BCUT2D eigenvalue weighted by Crippen LogP contribution is -2.37. The molecule has 1 fully saturated rings. The maximum Gasteiger partial charge on any atom is 0.416 e. The molecule has 2 nitrogen and oxygen atoms in total. The monoisotopic (exact) mass is 286 g/mol. The zero-order valence-corrected chi connectivity index (χ0v) is 11.9. The molecule has 20 heavy (non-hydrogen) atoms. The first-order chi connectivity index (χ1) is 9.29. The molecular weight excluding hydrogens is 265 g/mol. The van der Waals surface area contributed by atoms with Crippen LogP contribution in [0.4, 0.5) is 18.9 Å². The van der Waals surface area contributed by atoms with Crippen molar-refractivity contribution < 1.29 is 13.2 Å². The molecule has 5 heteroatoms. The Kier molecular flexibility index (Phi) is 4.28. The Balaban J connectivity index is 2.32. The number of nitrogens with two attached hydrogens (primary N) is 1. The van der Waals surface area contributed by atoms with Gasteiger partial charge in [-0.05, 0) is 50.3 Å². The molecule has 0 radical (unpaired) electrons. The summed E-state index contributed by atoms with van der Waals surface area (Å²) in [5.74, 6) is 0. The van der Waals surface area contributed by atoms with E-state index in [2.05, 4.69) is 0 Å². The number of benzene rings is 1. The lowest BCUT2D eigenvalue weighted by molar-refractivity contribution is -0.138. The molecule has 1 saturated carbocycles. The van der Waals surface area contributed by atoms with E-state index in [4.69, 9.17) is 5.73 Å². The summed E-state index contributed by atoms with van der Waals surface area (Å²) < 4.78 is 39.5. The number of hydrogen-bond acceptors (Lipinski definition) is 2. The van der Waals surface area contributed by atoms with Gasteiger partial charge in [-0.25, -0.2) is 0 Å². The normalized spacial score (nSPS) is 17.7. The van der Waals surface area contributed by atoms with Gasteiger partial charge in [-0.3, -0.25) is 0 Å². The van der Waals surface area contributed by atoms with E-state index in [0.29, 0.717) is 11.7 Å². The average Bonchev–Trinajstić information content (AvgIpc) is 2.24. The fourth-order valence-electron chi connectivity index (χ4n) is 2.56. The van der Waals surface area contributed by atoms with Crippen molar-refractivity contribution in [1.82, 2.24) is 0 Å². The van der Waals surface area contributed by atoms with Crippen LogP contribution in [-0.4, -0.2) is 19.1 Å². The lowest BCUT2D eigenvalue weighted by Gasteiger charge is -2.36. The maximum atomic E-state index is 13.2. The third-order valence-corrected chi connectivity index (χ3v) is 3.97. The second-order valence-electron chi connectivity index (χ2n) is 5.72. The molecule has 0 heterocycles. The summed E-state index contributed by atoms with van der Waals surface area (Å²) in [6, 6.07) is 4.68. The first kappa shape index (κ1) is 15.2. The first-order valence-corrected chi connectivity index (χ1v) is 6.97. The standard InChI is InChI=1S/C15H21F3N2/c1-10(19)8-11-6-7-13(9-14(11)15(16,17)18)20(2)12-4-3-5-12/h6-7,9-10,12H,3-5,8,19H2,1-2H3. The number of anilines is 1. The molecule has 1 aliphatic rings. The van der Waals surface area contributed by atoms with E-state index in [1.807, 2.05) is 11.9 Å². The maximum absolute atomic E-state index is 13.2. The van der Waals surface area contributed by atoms with Gasteiger partial charge in [0.05, 0.1) is 5.56 Å². The van der Waals surface area contributed by atoms with Crippen LogP contribution in [0, 0.1) is 0 Å². The average molecular weight is 286 g/mol. The Morgan fingerprint density at radius 1 is 1.35 bits per heavy atom. The Morgan fingerprint density at radius 2 is 2.00 bits per heavy atom. The van der Waals surface area contributed by atoms with Crippen molar-refractivity contribution in [3.05, 3.63) is 29.3 Å². The van der Waals surface area contributed by atoms with Gasteiger partial charge in [-0.2, -0.15) is 13.2 Å². The summed E-state index contributed by atoms with van der Waals surface area (Å²) >= 11 is 0. The third kappa shape index (κ3) is 3.26. The molecule has 1 aromatic rings.